The van der Waals surface area contributed by atoms with Crippen molar-refractivity contribution in [2.24, 2.45) is 7.05 Å². The number of aryl methyl sites for hydroxylation is 1. The number of nitrogens with one attached hydrogen (secondary N) is 1. The standard InChI is InChI=1S/C9H9ClN4O2S/c1-14-5-9(12-6-14)17(15,16)13-8-4-11-3-2-7(8)10/h2-6,13H,1H3. The molecule has 8 heteroatoms. The Hall–Kier alpha value is -1.60. The number of nitrogens with zero attached hydrogens (tertiary/aromatic N) is 3. The number of hydrogen-bond donors (Lipinski definition) is 1. The molecule has 0 aliphatic carbocycles. The third-order valence-electron chi connectivity index (χ3n) is 1.97. The molecule has 2 heterocycles. The van der Waals surface area contributed by atoms with Crippen LogP contribution in [0.2, 0.25) is 5.02 Å². The van der Waals surface area contributed by atoms with Crippen LogP contribution in [0, 0.1) is 0 Å². The second-order valence-corrected chi connectivity index (χ2v) is 5.37. The summed E-state index contributed by atoms with van der Waals surface area (Å²) in [5.41, 5.74) is 0.222. The third-order valence-corrected chi connectivity index (χ3v) is 3.55. The molecule has 6 nitrogen and oxygen atoms in total. The number of rotatable bonds is 3. The maximum Gasteiger partial charge on any atom is 0.281 e. The molecule has 0 saturated heterocycles. The Morgan fingerprint density at radius 3 is 2.82 bits per heavy atom. The van der Waals surface area contributed by atoms with Crippen molar-refractivity contribution in [3.05, 3.63) is 36.0 Å². The molecule has 17 heavy (non-hydrogen) atoms. The first kappa shape index (κ1) is 11.9. The summed E-state index contributed by atoms with van der Waals surface area (Å²) in [5, 5.41) is 0.208. The highest BCUT2D eigenvalue weighted by molar-refractivity contribution is 7.92. The Kier molecular flexibility index (Phi) is 3.03. The van der Waals surface area contributed by atoms with Crippen LogP contribution in [0.15, 0.2) is 36.0 Å². The van der Waals surface area contributed by atoms with Crippen LogP contribution in [-0.2, 0) is 17.1 Å². The SMILES string of the molecule is Cn1cnc(S(=O)(=O)Nc2cnccc2Cl)c1. The van der Waals surface area contributed by atoms with Crippen LogP contribution in [0.5, 0.6) is 0 Å². The Morgan fingerprint density at radius 2 is 2.24 bits per heavy atom. The average molecular weight is 273 g/mol. The fraction of sp³-hybridized carbons (Fsp3) is 0.111. The molecule has 0 aliphatic heterocycles. The minimum absolute atomic E-state index is 0.0695. The van der Waals surface area contributed by atoms with E-state index >= 15 is 0 Å². The summed E-state index contributed by atoms with van der Waals surface area (Å²) in [6.45, 7) is 0. The van der Waals surface area contributed by atoms with Crippen molar-refractivity contribution in [3.63, 3.8) is 0 Å². The van der Waals surface area contributed by atoms with Gasteiger partial charge in [0.1, 0.15) is 0 Å². The van der Waals surface area contributed by atoms with Crippen molar-refractivity contribution in [1.29, 1.82) is 0 Å². The molecular weight excluding hydrogens is 264 g/mol. The average Bonchev–Trinajstić information content (AvgIpc) is 2.69. The lowest BCUT2D eigenvalue weighted by molar-refractivity contribution is 0.598. The molecule has 0 amide bonds. The normalized spacial score (nSPS) is 11.4. The zero-order chi connectivity index (χ0) is 12.5. The quantitative estimate of drug-likeness (QED) is 0.913. The van der Waals surface area contributed by atoms with Gasteiger partial charge < -0.3 is 4.57 Å². The molecule has 0 atom stereocenters. The lowest BCUT2D eigenvalue weighted by Crippen LogP contribution is -2.13. The summed E-state index contributed by atoms with van der Waals surface area (Å²) < 4.78 is 27.6. The van der Waals surface area contributed by atoms with Crippen LogP contribution in [0.3, 0.4) is 0 Å². The minimum atomic E-state index is -3.72. The van der Waals surface area contributed by atoms with Gasteiger partial charge in [-0.15, -0.1) is 0 Å². The zero-order valence-corrected chi connectivity index (χ0v) is 10.4. The summed E-state index contributed by atoms with van der Waals surface area (Å²) in [6.07, 6.45) is 5.61. The molecule has 90 valence electrons. The highest BCUT2D eigenvalue weighted by atomic mass is 35.5. The predicted molar refractivity (Wildman–Crippen MR) is 63.3 cm³/mol. The number of aromatic nitrogens is 3. The van der Waals surface area contributed by atoms with Gasteiger partial charge in [0.05, 0.1) is 23.2 Å². The van der Waals surface area contributed by atoms with Crippen LogP contribution in [0.4, 0.5) is 5.69 Å². The number of imidazole rings is 1. The molecular formula is C9H9ClN4O2S. The van der Waals surface area contributed by atoms with Gasteiger partial charge in [0.15, 0.2) is 5.03 Å². The van der Waals surface area contributed by atoms with E-state index in [4.69, 9.17) is 11.6 Å². The van der Waals surface area contributed by atoms with Crippen molar-refractivity contribution >= 4 is 27.3 Å². The van der Waals surface area contributed by atoms with Gasteiger partial charge in [0, 0.05) is 19.4 Å². The van der Waals surface area contributed by atoms with Gasteiger partial charge in [0.2, 0.25) is 0 Å². The van der Waals surface area contributed by atoms with Gasteiger partial charge in [-0.3, -0.25) is 9.71 Å². The lowest BCUT2D eigenvalue weighted by atomic mass is 10.4. The molecule has 2 rings (SSSR count). The van der Waals surface area contributed by atoms with Crippen molar-refractivity contribution in [3.8, 4) is 0 Å². The highest BCUT2D eigenvalue weighted by Crippen LogP contribution is 2.22. The number of anilines is 1. The molecule has 0 aliphatic rings. The largest absolute Gasteiger partial charge is 0.339 e. The van der Waals surface area contributed by atoms with E-state index in [-0.39, 0.29) is 15.7 Å². The Bertz CT molecular complexity index is 638. The van der Waals surface area contributed by atoms with E-state index in [9.17, 15) is 8.42 Å². The predicted octanol–water partition coefficient (Wildman–Crippen LogP) is 1.27. The zero-order valence-electron chi connectivity index (χ0n) is 8.83. The summed E-state index contributed by atoms with van der Waals surface area (Å²) in [4.78, 5) is 7.55. The van der Waals surface area contributed by atoms with Crippen LogP contribution < -0.4 is 4.72 Å². The van der Waals surface area contributed by atoms with Crippen molar-refractivity contribution < 1.29 is 8.42 Å². The first-order chi connectivity index (χ1) is 7.99. The third kappa shape index (κ3) is 2.56. The van der Waals surface area contributed by atoms with Gasteiger partial charge in [0.25, 0.3) is 10.0 Å². The summed E-state index contributed by atoms with van der Waals surface area (Å²) >= 11 is 5.83. The van der Waals surface area contributed by atoms with Gasteiger partial charge in [-0.25, -0.2) is 4.98 Å². The Balaban J connectivity index is 2.33. The van der Waals surface area contributed by atoms with E-state index in [0.29, 0.717) is 0 Å². The maximum atomic E-state index is 11.9. The molecule has 0 aromatic carbocycles. The van der Waals surface area contributed by atoms with E-state index in [1.54, 1.807) is 11.6 Å². The highest BCUT2D eigenvalue weighted by Gasteiger charge is 2.18. The van der Waals surface area contributed by atoms with Crippen molar-refractivity contribution in [2.45, 2.75) is 5.03 Å². The van der Waals surface area contributed by atoms with E-state index in [2.05, 4.69) is 14.7 Å². The molecule has 0 radical (unpaired) electrons. The molecule has 0 saturated carbocycles. The fourth-order valence-corrected chi connectivity index (χ4v) is 2.43. The second-order valence-electron chi connectivity index (χ2n) is 3.34. The van der Waals surface area contributed by atoms with Gasteiger partial charge in [-0.1, -0.05) is 11.6 Å². The fourth-order valence-electron chi connectivity index (χ4n) is 1.18. The smallest absolute Gasteiger partial charge is 0.281 e. The summed E-state index contributed by atoms with van der Waals surface area (Å²) in [5.74, 6) is 0. The molecule has 2 aromatic heterocycles. The summed E-state index contributed by atoms with van der Waals surface area (Å²) in [7, 11) is -2.04. The molecule has 1 N–H and O–H groups in total. The van der Waals surface area contributed by atoms with Gasteiger partial charge >= 0.3 is 0 Å². The molecule has 2 aromatic rings. The maximum absolute atomic E-state index is 11.9. The van der Waals surface area contributed by atoms with E-state index < -0.39 is 10.0 Å². The minimum Gasteiger partial charge on any atom is -0.339 e. The van der Waals surface area contributed by atoms with Gasteiger partial charge in [-0.2, -0.15) is 8.42 Å². The van der Waals surface area contributed by atoms with Crippen molar-refractivity contribution in [2.75, 3.05) is 4.72 Å². The number of pyridine rings is 1. The number of halogens is 1. The van der Waals surface area contributed by atoms with E-state index in [1.807, 2.05) is 0 Å². The first-order valence-corrected chi connectivity index (χ1v) is 6.45. The van der Waals surface area contributed by atoms with Gasteiger partial charge in [-0.05, 0) is 6.07 Å². The monoisotopic (exact) mass is 272 g/mol. The Labute approximate surface area is 103 Å². The van der Waals surface area contributed by atoms with Crippen LogP contribution in [-0.4, -0.2) is 23.0 Å². The number of hydrogen-bond acceptors (Lipinski definition) is 4. The van der Waals surface area contributed by atoms with E-state index in [1.165, 1.54) is 31.0 Å². The topological polar surface area (TPSA) is 76.9 Å². The van der Waals surface area contributed by atoms with Crippen LogP contribution in [0.25, 0.3) is 0 Å². The van der Waals surface area contributed by atoms with Crippen molar-refractivity contribution in [1.82, 2.24) is 14.5 Å². The van der Waals surface area contributed by atoms with Crippen LogP contribution >= 0.6 is 11.6 Å². The molecule has 0 spiro atoms. The molecule has 0 fully saturated rings. The second kappa shape index (κ2) is 4.34. The van der Waals surface area contributed by atoms with E-state index in [0.717, 1.165) is 0 Å². The first-order valence-electron chi connectivity index (χ1n) is 4.59. The Morgan fingerprint density at radius 1 is 1.47 bits per heavy atom. The number of sulfonamides is 1. The molecule has 0 bridgehead atoms. The lowest BCUT2D eigenvalue weighted by Gasteiger charge is -2.06. The van der Waals surface area contributed by atoms with Crippen LogP contribution in [0.1, 0.15) is 0 Å². The summed E-state index contributed by atoms with van der Waals surface area (Å²) in [6, 6.07) is 1.50. The molecule has 0 unspecified atom stereocenters.